The maximum atomic E-state index is 9.05. The van der Waals surface area contributed by atoms with E-state index in [0.717, 1.165) is 0 Å². The van der Waals surface area contributed by atoms with E-state index in [9.17, 15) is 0 Å². The monoisotopic (exact) mass is 210 g/mol. The van der Waals surface area contributed by atoms with Gasteiger partial charge in [-0.3, -0.25) is 0 Å². The summed E-state index contributed by atoms with van der Waals surface area (Å²) in [5.41, 5.74) is 3.57. The molecule has 0 radical (unpaired) electrons. The molecule has 1 heterocycles. The molecule has 0 aliphatic carbocycles. The van der Waals surface area contributed by atoms with Crippen molar-refractivity contribution in [2.45, 2.75) is 27.3 Å². The van der Waals surface area contributed by atoms with Crippen LogP contribution in [0.3, 0.4) is 0 Å². The zero-order chi connectivity index (χ0) is 11.4. The maximum Gasteiger partial charge on any atom is 0.178 e. The minimum absolute atomic E-state index is 0.0241. The summed E-state index contributed by atoms with van der Waals surface area (Å²) in [4.78, 5) is 0. The molecule has 0 atom stereocenters. The molecule has 1 rings (SSSR count). The summed E-state index contributed by atoms with van der Waals surface area (Å²) < 4.78 is 2.13. The van der Waals surface area contributed by atoms with Crippen LogP contribution in [0.4, 0.5) is 0 Å². The molecule has 3 nitrogen and oxygen atoms in total. The Morgan fingerprint density at radius 3 is 1.93 bits per heavy atom. The highest BCUT2D eigenvalue weighted by molar-refractivity contribution is 5.13. The Kier molecular flexibility index (Phi) is 4.24. The standard InChI is InChI=1S/C12H20NO2/c1-9-4-10(2)13(11(3)5-9)6-12(7-14)8-15/h4-5,12,14-15H,6-8H2,1-3H3/q+1. The van der Waals surface area contributed by atoms with E-state index in [4.69, 9.17) is 10.2 Å². The molecular formula is C12H20NO2+. The van der Waals surface area contributed by atoms with Gasteiger partial charge in [-0.2, -0.15) is 4.57 Å². The highest BCUT2D eigenvalue weighted by Gasteiger charge is 2.17. The van der Waals surface area contributed by atoms with Crippen molar-refractivity contribution in [3.8, 4) is 0 Å². The number of nitrogens with zero attached hydrogens (tertiary/aromatic N) is 1. The minimum atomic E-state index is -0.0740. The first-order valence-electron chi connectivity index (χ1n) is 5.28. The Morgan fingerprint density at radius 1 is 1.07 bits per heavy atom. The normalized spacial score (nSPS) is 11.1. The summed E-state index contributed by atoms with van der Waals surface area (Å²) in [6.45, 7) is 6.88. The molecule has 0 aliphatic rings. The van der Waals surface area contributed by atoms with E-state index in [0.29, 0.717) is 6.54 Å². The molecule has 3 heteroatoms. The van der Waals surface area contributed by atoms with Crippen LogP contribution in [0.25, 0.3) is 0 Å². The van der Waals surface area contributed by atoms with Gasteiger partial charge in [0.05, 0.1) is 19.1 Å². The van der Waals surface area contributed by atoms with Crippen molar-refractivity contribution in [1.29, 1.82) is 0 Å². The number of hydrogen-bond acceptors (Lipinski definition) is 2. The summed E-state index contributed by atoms with van der Waals surface area (Å²) in [7, 11) is 0. The largest absolute Gasteiger partial charge is 0.396 e. The van der Waals surface area contributed by atoms with E-state index in [2.05, 4.69) is 23.6 Å². The summed E-state index contributed by atoms with van der Waals surface area (Å²) in [5, 5.41) is 18.1. The predicted octanol–water partition coefficient (Wildman–Crippen LogP) is 0.500. The molecule has 0 saturated heterocycles. The van der Waals surface area contributed by atoms with Crippen molar-refractivity contribution in [1.82, 2.24) is 0 Å². The zero-order valence-corrected chi connectivity index (χ0v) is 9.70. The lowest BCUT2D eigenvalue weighted by Crippen LogP contribution is -2.45. The quantitative estimate of drug-likeness (QED) is 0.711. The molecule has 0 saturated carbocycles. The van der Waals surface area contributed by atoms with E-state index in [1.165, 1.54) is 17.0 Å². The van der Waals surface area contributed by atoms with Crippen LogP contribution < -0.4 is 4.57 Å². The molecule has 0 spiro atoms. The molecule has 0 amide bonds. The lowest BCUT2D eigenvalue weighted by molar-refractivity contribution is -0.715. The van der Waals surface area contributed by atoms with Crippen LogP contribution in [0.2, 0.25) is 0 Å². The molecule has 15 heavy (non-hydrogen) atoms. The molecule has 0 aromatic carbocycles. The van der Waals surface area contributed by atoms with Gasteiger partial charge in [-0.05, 0) is 12.5 Å². The fourth-order valence-corrected chi connectivity index (χ4v) is 1.85. The van der Waals surface area contributed by atoms with Crippen LogP contribution in [0.15, 0.2) is 12.1 Å². The summed E-state index contributed by atoms with van der Waals surface area (Å²) in [6, 6.07) is 4.22. The maximum absolute atomic E-state index is 9.05. The SMILES string of the molecule is Cc1cc(C)[n+](CC(CO)CO)c(C)c1. The summed E-state index contributed by atoms with van der Waals surface area (Å²) in [6.07, 6.45) is 0. The van der Waals surface area contributed by atoms with Gasteiger partial charge in [-0.1, -0.05) is 0 Å². The first kappa shape index (κ1) is 12.1. The van der Waals surface area contributed by atoms with E-state index in [1.807, 2.05) is 13.8 Å². The fraction of sp³-hybridized carbons (Fsp3) is 0.583. The van der Waals surface area contributed by atoms with Crippen LogP contribution in [-0.4, -0.2) is 23.4 Å². The van der Waals surface area contributed by atoms with E-state index < -0.39 is 0 Å². The van der Waals surface area contributed by atoms with E-state index >= 15 is 0 Å². The van der Waals surface area contributed by atoms with Crippen LogP contribution in [0.5, 0.6) is 0 Å². The number of pyridine rings is 1. The van der Waals surface area contributed by atoms with E-state index in [1.54, 1.807) is 0 Å². The molecular weight excluding hydrogens is 190 g/mol. The highest BCUT2D eigenvalue weighted by atomic mass is 16.3. The van der Waals surface area contributed by atoms with Gasteiger partial charge >= 0.3 is 0 Å². The lowest BCUT2D eigenvalue weighted by Gasteiger charge is -2.10. The Labute approximate surface area is 91.0 Å². The van der Waals surface area contributed by atoms with Crippen molar-refractivity contribution < 1.29 is 14.8 Å². The van der Waals surface area contributed by atoms with Crippen molar-refractivity contribution in [3.63, 3.8) is 0 Å². The fourth-order valence-electron chi connectivity index (χ4n) is 1.85. The second kappa shape index (κ2) is 5.24. The Morgan fingerprint density at radius 2 is 1.53 bits per heavy atom. The van der Waals surface area contributed by atoms with Gasteiger partial charge < -0.3 is 10.2 Å². The van der Waals surface area contributed by atoms with Crippen LogP contribution in [-0.2, 0) is 6.54 Å². The second-order valence-electron chi connectivity index (χ2n) is 4.16. The highest BCUT2D eigenvalue weighted by Crippen LogP contribution is 2.03. The van der Waals surface area contributed by atoms with Crippen molar-refractivity contribution >= 4 is 0 Å². The first-order valence-corrected chi connectivity index (χ1v) is 5.28. The second-order valence-corrected chi connectivity index (χ2v) is 4.16. The number of aliphatic hydroxyl groups excluding tert-OH is 2. The molecule has 2 N–H and O–H groups in total. The van der Waals surface area contributed by atoms with Crippen molar-refractivity contribution in [3.05, 3.63) is 29.1 Å². The third-order valence-electron chi connectivity index (χ3n) is 2.68. The molecule has 0 bridgehead atoms. The average Bonchev–Trinajstić information content (AvgIpc) is 2.17. The van der Waals surface area contributed by atoms with Gasteiger partial charge in [0.25, 0.3) is 0 Å². The van der Waals surface area contributed by atoms with Gasteiger partial charge in [-0.15, -0.1) is 0 Å². The Balaban J connectivity index is 2.94. The number of rotatable bonds is 4. The Hall–Kier alpha value is -0.930. The number of aryl methyl sites for hydroxylation is 3. The summed E-state index contributed by atoms with van der Waals surface area (Å²) >= 11 is 0. The number of hydrogen-bond donors (Lipinski definition) is 2. The molecule has 1 aromatic heterocycles. The lowest BCUT2D eigenvalue weighted by atomic mass is 10.1. The average molecular weight is 210 g/mol. The van der Waals surface area contributed by atoms with Gasteiger partial charge in [0.15, 0.2) is 17.9 Å². The van der Waals surface area contributed by atoms with Gasteiger partial charge in [-0.25, -0.2) is 0 Å². The molecule has 1 aromatic rings. The smallest absolute Gasteiger partial charge is 0.178 e. The molecule has 84 valence electrons. The zero-order valence-electron chi connectivity index (χ0n) is 9.70. The molecule has 0 unspecified atom stereocenters. The van der Waals surface area contributed by atoms with Gasteiger partial charge in [0, 0.05) is 26.0 Å². The first-order chi connectivity index (χ1) is 7.08. The third-order valence-corrected chi connectivity index (χ3v) is 2.68. The minimum Gasteiger partial charge on any atom is -0.396 e. The predicted molar refractivity (Wildman–Crippen MR) is 58.5 cm³/mol. The topological polar surface area (TPSA) is 44.3 Å². The Bertz CT molecular complexity index is 309. The van der Waals surface area contributed by atoms with Gasteiger partial charge in [0.2, 0.25) is 0 Å². The van der Waals surface area contributed by atoms with Crippen molar-refractivity contribution in [2.24, 2.45) is 5.92 Å². The molecule has 0 aliphatic heterocycles. The summed E-state index contributed by atoms with van der Waals surface area (Å²) in [5.74, 6) is -0.0740. The van der Waals surface area contributed by atoms with Crippen LogP contribution >= 0.6 is 0 Å². The third kappa shape index (κ3) is 3.01. The molecule has 0 fully saturated rings. The van der Waals surface area contributed by atoms with E-state index in [-0.39, 0.29) is 19.1 Å². The van der Waals surface area contributed by atoms with Gasteiger partial charge in [0.1, 0.15) is 0 Å². The number of aromatic nitrogens is 1. The number of aliphatic hydroxyl groups is 2. The van der Waals surface area contributed by atoms with Crippen molar-refractivity contribution in [2.75, 3.05) is 13.2 Å². The van der Waals surface area contributed by atoms with Crippen LogP contribution in [0, 0.1) is 26.7 Å². The van der Waals surface area contributed by atoms with Crippen LogP contribution in [0.1, 0.15) is 17.0 Å².